The van der Waals surface area contributed by atoms with Crippen LogP contribution in [0.2, 0.25) is 15.1 Å². The molecule has 0 saturated heterocycles. The summed E-state index contributed by atoms with van der Waals surface area (Å²) in [5, 5.41) is 3.53. The second-order valence-corrected chi connectivity index (χ2v) is 5.61. The van der Waals surface area contributed by atoms with E-state index < -0.39 is 5.91 Å². The maximum absolute atomic E-state index is 12.0. The van der Waals surface area contributed by atoms with Crippen LogP contribution in [0, 0.1) is 0 Å². The number of aromatic nitrogens is 1. The van der Waals surface area contributed by atoms with E-state index >= 15 is 0 Å². The first kappa shape index (κ1) is 14.6. The van der Waals surface area contributed by atoms with E-state index in [9.17, 15) is 4.79 Å². The molecule has 1 heterocycles. The quantitative estimate of drug-likeness (QED) is 0.740. The molecule has 0 aliphatic rings. The average molecular weight is 380 g/mol. The van der Waals surface area contributed by atoms with E-state index in [-0.39, 0.29) is 15.7 Å². The van der Waals surface area contributed by atoms with Crippen LogP contribution in [0.5, 0.6) is 0 Å². The van der Waals surface area contributed by atoms with Gasteiger partial charge in [-0.2, -0.15) is 0 Å². The number of nitrogens with zero attached hydrogens (tertiary/aromatic N) is 1. The molecule has 7 heteroatoms. The van der Waals surface area contributed by atoms with E-state index in [2.05, 4.69) is 26.2 Å². The van der Waals surface area contributed by atoms with E-state index in [0.29, 0.717) is 15.3 Å². The van der Waals surface area contributed by atoms with Gasteiger partial charge in [0, 0.05) is 5.02 Å². The van der Waals surface area contributed by atoms with Crippen molar-refractivity contribution in [3.63, 3.8) is 0 Å². The Labute approximate surface area is 133 Å². The number of hydrogen-bond acceptors (Lipinski definition) is 2. The van der Waals surface area contributed by atoms with E-state index in [4.69, 9.17) is 34.8 Å². The van der Waals surface area contributed by atoms with Crippen molar-refractivity contribution in [2.24, 2.45) is 0 Å². The molecule has 1 amide bonds. The fraction of sp³-hybridized carbons (Fsp3) is 0. The lowest BCUT2D eigenvalue weighted by atomic mass is 10.3. The van der Waals surface area contributed by atoms with Crippen LogP contribution in [0.4, 0.5) is 5.69 Å². The zero-order chi connectivity index (χ0) is 14.0. The number of amides is 1. The summed E-state index contributed by atoms with van der Waals surface area (Å²) in [6.07, 6.45) is 0. The third-order valence-corrected chi connectivity index (χ3v) is 3.45. The van der Waals surface area contributed by atoms with Crippen LogP contribution in [0.3, 0.4) is 0 Å². The normalized spacial score (nSPS) is 10.3. The van der Waals surface area contributed by atoms with Crippen LogP contribution in [-0.4, -0.2) is 10.9 Å². The molecule has 1 aromatic heterocycles. The van der Waals surface area contributed by atoms with Crippen molar-refractivity contribution in [2.75, 3.05) is 5.32 Å². The predicted molar refractivity (Wildman–Crippen MR) is 81.4 cm³/mol. The van der Waals surface area contributed by atoms with Crippen LogP contribution in [0.1, 0.15) is 10.5 Å². The molecule has 98 valence electrons. The number of pyridine rings is 1. The van der Waals surface area contributed by atoms with Crippen molar-refractivity contribution < 1.29 is 4.79 Å². The standard InChI is InChI=1S/C12H6BrCl3N2O/c13-10-3-1-2-9(17-10)12(19)18-11-7(15)4-6(14)5-8(11)16/h1-5H,(H,18,19). The minimum Gasteiger partial charge on any atom is -0.318 e. The smallest absolute Gasteiger partial charge is 0.274 e. The van der Waals surface area contributed by atoms with Gasteiger partial charge in [0.25, 0.3) is 5.91 Å². The Balaban J connectivity index is 2.29. The molecule has 3 nitrogen and oxygen atoms in total. The number of rotatable bonds is 2. The van der Waals surface area contributed by atoms with Crippen molar-refractivity contribution in [2.45, 2.75) is 0 Å². The number of carbonyl (C=O) groups excluding carboxylic acids is 1. The molecule has 0 aliphatic heterocycles. The first-order valence-electron chi connectivity index (χ1n) is 5.06. The van der Waals surface area contributed by atoms with Crippen LogP contribution in [0.15, 0.2) is 34.9 Å². The molecule has 19 heavy (non-hydrogen) atoms. The number of anilines is 1. The van der Waals surface area contributed by atoms with Gasteiger partial charge in [0.15, 0.2) is 0 Å². The van der Waals surface area contributed by atoms with Gasteiger partial charge < -0.3 is 5.32 Å². The maximum Gasteiger partial charge on any atom is 0.274 e. The third-order valence-electron chi connectivity index (χ3n) is 2.19. The summed E-state index contributed by atoms with van der Waals surface area (Å²) in [6.45, 7) is 0. The highest BCUT2D eigenvalue weighted by Crippen LogP contribution is 2.33. The fourth-order valence-corrected chi connectivity index (χ4v) is 2.63. The Hall–Kier alpha value is -0.810. The topological polar surface area (TPSA) is 42.0 Å². The maximum atomic E-state index is 12.0. The fourth-order valence-electron chi connectivity index (χ4n) is 1.37. The third kappa shape index (κ3) is 3.60. The van der Waals surface area contributed by atoms with Crippen molar-refractivity contribution in [3.05, 3.63) is 55.7 Å². The molecule has 0 spiro atoms. The Kier molecular flexibility index (Phi) is 4.68. The largest absolute Gasteiger partial charge is 0.318 e. The van der Waals surface area contributed by atoms with Gasteiger partial charge in [0.05, 0.1) is 15.7 Å². The zero-order valence-electron chi connectivity index (χ0n) is 9.25. The van der Waals surface area contributed by atoms with E-state index in [1.54, 1.807) is 18.2 Å². The molecule has 0 fully saturated rings. The average Bonchev–Trinajstić information content (AvgIpc) is 2.33. The van der Waals surface area contributed by atoms with Gasteiger partial charge >= 0.3 is 0 Å². The van der Waals surface area contributed by atoms with Crippen LogP contribution >= 0.6 is 50.7 Å². The number of carbonyl (C=O) groups is 1. The van der Waals surface area contributed by atoms with E-state index in [1.165, 1.54) is 12.1 Å². The van der Waals surface area contributed by atoms with E-state index in [0.717, 1.165) is 0 Å². The molecule has 0 unspecified atom stereocenters. The predicted octanol–water partition coefficient (Wildman–Crippen LogP) is 5.06. The number of hydrogen-bond donors (Lipinski definition) is 1. The lowest BCUT2D eigenvalue weighted by molar-refractivity contribution is 0.102. The Morgan fingerprint density at radius 2 is 1.79 bits per heavy atom. The monoisotopic (exact) mass is 378 g/mol. The van der Waals surface area contributed by atoms with Crippen molar-refractivity contribution in [1.29, 1.82) is 0 Å². The molecule has 0 radical (unpaired) electrons. The number of benzene rings is 1. The molecule has 0 bridgehead atoms. The lowest BCUT2D eigenvalue weighted by Gasteiger charge is -2.09. The zero-order valence-corrected chi connectivity index (χ0v) is 13.1. The molecule has 0 saturated carbocycles. The number of halogens is 4. The SMILES string of the molecule is O=C(Nc1c(Cl)cc(Cl)cc1Cl)c1cccc(Br)n1. The van der Waals surface area contributed by atoms with Gasteiger partial charge in [-0.25, -0.2) is 4.98 Å². The highest BCUT2D eigenvalue weighted by molar-refractivity contribution is 9.10. The Bertz CT molecular complexity index is 626. The summed E-state index contributed by atoms with van der Waals surface area (Å²) in [4.78, 5) is 16.0. The molecular formula is C12H6BrCl3N2O. The van der Waals surface area contributed by atoms with Gasteiger partial charge in [-0.1, -0.05) is 40.9 Å². The lowest BCUT2D eigenvalue weighted by Crippen LogP contribution is -2.14. The highest BCUT2D eigenvalue weighted by atomic mass is 79.9. The summed E-state index contributed by atoms with van der Waals surface area (Å²) >= 11 is 21.0. The van der Waals surface area contributed by atoms with Gasteiger partial charge in [-0.3, -0.25) is 4.79 Å². The van der Waals surface area contributed by atoms with Crippen LogP contribution < -0.4 is 5.32 Å². The molecule has 2 rings (SSSR count). The van der Waals surface area contributed by atoms with Crippen LogP contribution in [0.25, 0.3) is 0 Å². The molecule has 0 atom stereocenters. The van der Waals surface area contributed by atoms with Crippen LogP contribution in [-0.2, 0) is 0 Å². The van der Waals surface area contributed by atoms with Crippen molar-refractivity contribution >= 4 is 62.3 Å². The van der Waals surface area contributed by atoms with Crippen molar-refractivity contribution in [3.8, 4) is 0 Å². The molecular weight excluding hydrogens is 374 g/mol. The van der Waals surface area contributed by atoms with Gasteiger partial charge in [-0.15, -0.1) is 0 Å². The van der Waals surface area contributed by atoms with Crippen molar-refractivity contribution in [1.82, 2.24) is 4.98 Å². The van der Waals surface area contributed by atoms with Gasteiger partial charge in [0.1, 0.15) is 10.3 Å². The first-order valence-corrected chi connectivity index (χ1v) is 6.98. The summed E-state index contributed by atoms with van der Waals surface area (Å²) in [6, 6.07) is 8.01. The van der Waals surface area contributed by atoms with Gasteiger partial charge in [0.2, 0.25) is 0 Å². The minimum absolute atomic E-state index is 0.247. The molecule has 2 aromatic rings. The van der Waals surface area contributed by atoms with E-state index in [1.807, 2.05) is 0 Å². The second kappa shape index (κ2) is 6.09. The minimum atomic E-state index is -0.410. The Morgan fingerprint density at radius 3 is 2.37 bits per heavy atom. The van der Waals surface area contributed by atoms with Gasteiger partial charge in [-0.05, 0) is 40.2 Å². The second-order valence-electron chi connectivity index (χ2n) is 3.54. The highest BCUT2D eigenvalue weighted by Gasteiger charge is 2.13. The summed E-state index contributed by atoms with van der Waals surface area (Å²) in [5.41, 5.74) is 0.552. The molecule has 1 aromatic carbocycles. The number of nitrogens with one attached hydrogen (secondary N) is 1. The molecule has 0 aliphatic carbocycles. The summed E-state index contributed by atoms with van der Waals surface area (Å²) in [5.74, 6) is -0.410. The summed E-state index contributed by atoms with van der Waals surface area (Å²) in [7, 11) is 0. The first-order chi connectivity index (χ1) is 8.97. The molecule has 1 N–H and O–H groups in total. The Morgan fingerprint density at radius 1 is 1.16 bits per heavy atom. The summed E-state index contributed by atoms with van der Waals surface area (Å²) < 4.78 is 0.563.